The molecular formula is C11H11FN4. The van der Waals surface area contributed by atoms with E-state index >= 15 is 0 Å². The summed E-state index contributed by atoms with van der Waals surface area (Å²) < 4.78 is 13.0. The number of nitrogens with one attached hydrogen (secondary N) is 1. The molecule has 2 heterocycles. The lowest BCUT2D eigenvalue weighted by Crippen LogP contribution is -2.07. The largest absolute Gasteiger partial charge is 0.376 e. The van der Waals surface area contributed by atoms with Gasteiger partial charge in [0.05, 0.1) is 30.3 Å². The van der Waals surface area contributed by atoms with Gasteiger partial charge >= 0.3 is 0 Å². The van der Waals surface area contributed by atoms with E-state index in [-0.39, 0.29) is 11.9 Å². The van der Waals surface area contributed by atoms with Gasteiger partial charge < -0.3 is 5.32 Å². The molecule has 2 rings (SSSR count). The zero-order valence-electron chi connectivity index (χ0n) is 8.76. The highest BCUT2D eigenvalue weighted by molar-refractivity contribution is 5.40. The van der Waals surface area contributed by atoms with Crippen molar-refractivity contribution in [1.29, 1.82) is 0 Å². The molecule has 0 aliphatic heterocycles. The van der Waals surface area contributed by atoms with Crippen molar-refractivity contribution in [3.63, 3.8) is 0 Å². The Labute approximate surface area is 92.6 Å². The minimum atomic E-state index is -0.338. The molecule has 4 nitrogen and oxygen atoms in total. The molecule has 0 radical (unpaired) electrons. The first-order valence-electron chi connectivity index (χ1n) is 4.87. The van der Waals surface area contributed by atoms with Crippen LogP contribution in [0.15, 0.2) is 37.2 Å². The lowest BCUT2D eigenvalue weighted by atomic mass is 10.1. The maximum atomic E-state index is 13.0. The van der Waals surface area contributed by atoms with Crippen LogP contribution in [0.5, 0.6) is 0 Å². The molecule has 0 aliphatic rings. The summed E-state index contributed by atoms with van der Waals surface area (Å²) in [5.74, 6) is -0.338. The average Bonchev–Trinajstić information content (AvgIpc) is 2.30. The van der Waals surface area contributed by atoms with Gasteiger partial charge in [0, 0.05) is 6.20 Å². The molecule has 2 aromatic heterocycles. The van der Waals surface area contributed by atoms with Crippen molar-refractivity contribution in [2.24, 2.45) is 0 Å². The van der Waals surface area contributed by atoms with E-state index in [2.05, 4.69) is 20.3 Å². The van der Waals surface area contributed by atoms with Gasteiger partial charge in [-0.15, -0.1) is 0 Å². The van der Waals surface area contributed by atoms with Gasteiger partial charge in [-0.2, -0.15) is 0 Å². The SMILES string of the molecule is CC(Nc1cncnc1)c1cncc(F)c1. The topological polar surface area (TPSA) is 50.7 Å². The van der Waals surface area contributed by atoms with Crippen LogP contribution in [0.3, 0.4) is 0 Å². The monoisotopic (exact) mass is 218 g/mol. The molecule has 0 bridgehead atoms. The van der Waals surface area contributed by atoms with E-state index in [1.54, 1.807) is 18.6 Å². The molecule has 5 heteroatoms. The van der Waals surface area contributed by atoms with Crippen LogP contribution in [0.25, 0.3) is 0 Å². The molecule has 1 atom stereocenters. The summed E-state index contributed by atoms with van der Waals surface area (Å²) in [7, 11) is 0. The number of pyridine rings is 1. The fourth-order valence-electron chi connectivity index (χ4n) is 1.37. The Hall–Kier alpha value is -2.04. The average molecular weight is 218 g/mol. The van der Waals surface area contributed by atoms with Crippen LogP contribution in [-0.2, 0) is 0 Å². The van der Waals surface area contributed by atoms with Gasteiger partial charge in [-0.3, -0.25) is 4.98 Å². The van der Waals surface area contributed by atoms with Crippen LogP contribution < -0.4 is 5.32 Å². The van der Waals surface area contributed by atoms with Gasteiger partial charge in [-0.1, -0.05) is 0 Å². The summed E-state index contributed by atoms with van der Waals surface area (Å²) in [6.45, 7) is 1.92. The Morgan fingerprint density at radius 2 is 1.88 bits per heavy atom. The summed E-state index contributed by atoms with van der Waals surface area (Å²) in [5.41, 5.74) is 1.57. The van der Waals surface area contributed by atoms with Gasteiger partial charge in [0.15, 0.2) is 0 Å². The van der Waals surface area contributed by atoms with Gasteiger partial charge in [0.2, 0.25) is 0 Å². The van der Waals surface area contributed by atoms with Crippen molar-refractivity contribution in [3.8, 4) is 0 Å². The molecule has 2 aromatic rings. The Bertz CT molecular complexity index is 461. The van der Waals surface area contributed by atoms with Gasteiger partial charge in [0.25, 0.3) is 0 Å². The molecule has 82 valence electrons. The minimum absolute atomic E-state index is 0.0470. The first-order valence-corrected chi connectivity index (χ1v) is 4.87. The number of hydrogen-bond donors (Lipinski definition) is 1. The van der Waals surface area contributed by atoms with Crippen LogP contribution in [0.4, 0.5) is 10.1 Å². The lowest BCUT2D eigenvalue weighted by molar-refractivity contribution is 0.616. The van der Waals surface area contributed by atoms with Crippen LogP contribution in [0, 0.1) is 5.82 Å². The molecule has 0 saturated carbocycles. The normalized spacial score (nSPS) is 12.1. The lowest BCUT2D eigenvalue weighted by Gasteiger charge is -2.14. The standard InChI is InChI=1S/C11H11FN4/c1-8(9-2-10(12)4-13-3-9)16-11-5-14-7-15-6-11/h2-8,16H,1H3. The first-order chi connectivity index (χ1) is 7.75. The van der Waals surface area contributed by atoms with E-state index in [9.17, 15) is 4.39 Å². The predicted molar refractivity (Wildman–Crippen MR) is 58.3 cm³/mol. The van der Waals surface area contributed by atoms with Crippen molar-refractivity contribution < 1.29 is 4.39 Å². The summed E-state index contributed by atoms with van der Waals surface area (Å²) in [5, 5.41) is 3.15. The van der Waals surface area contributed by atoms with Crippen molar-refractivity contribution >= 4 is 5.69 Å². The third kappa shape index (κ3) is 2.50. The quantitative estimate of drug-likeness (QED) is 0.857. The predicted octanol–water partition coefficient (Wildman–Crippen LogP) is 2.18. The molecule has 0 aliphatic carbocycles. The second kappa shape index (κ2) is 4.65. The van der Waals surface area contributed by atoms with Crippen molar-refractivity contribution in [2.45, 2.75) is 13.0 Å². The second-order valence-electron chi connectivity index (χ2n) is 3.43. The molecule has 0 fully saturated rings. The van der Waals surface area contributed by atoms with E-state index in [1.807, 2.05) is 6.92 Å². The van der Waals surface area contributed by atoms with Crippen LogP contribution in [0.2, 0.25) is 0 Å². The Kier molecular flexibility index (Phi) is 3.05. The summed E-state index contributed by atoms with van der Waals surface area (Å²) in [6.07, 6.45) is 7.60. The number of rotatable bonds is 3. The summed E-state index contributed by atoms with van der Waals surface area (Å²) in [6, 6.07) is 1.41. The van der Waals surface area contributed by atoms with Gasteiger partial charge in [0.1, 0.15) is 12.1 Å². The summed E-state index contributed by atoms with van der Waals surface area (Å²) >= 11 is 0. The van der Waals surface area contributed by atoms with Gasteiger partial charge in [-0.05, 0) is 18.6 Å². The van der Waals surface area contributed by atoms with E-state index < -0.39 is 0 Å². The molecule has 0 amide bonds. The highest BCUT2D eigenvalue weighted by Crippen LogP contribution is 2.17. The number of anilines is 1. The molecule has 1 N–H and O–H groups in total. The Morgan fingerprint density at radius 3 is 2.56 bits per heavy atom. The zero-order chi connectivity index (χ0) is 11.4. The molecule has 0 aromatic carbocycles. The maximum Gasteiger partial charge on any atom is 0.141 e. The summed E-state index contributed by atoms with van der Waals surface area (Å²) in [4.78, 5) is 11.6. The minimum Gasteiger partial charge on any atom is -0.376 e. The van der Waals surface area contributed by atoms with Crippen LogP contribution in [-0.4, -0.2) is 15.0 Å². The fraction of sp³-hybridized carbons (Fsp3) is 0.182. The molecule has 0 spiro atoms. The fourth-order valence-corrected chi connectivity index (χ4v) is 1.37. The van der Waals surface area contributed by atoms with Crippen LogP contribution >= 0.6 is 0 Å². The van der Waals surface area contributed by atoms with E-state index in [1.165, 1.54) is 18.6 Å². The third-order valence-electron chi connectivity index (χ3n) is 2.17. The molecular weight excluding hydrogens is 207 g/mol. The number of nitrogens with zero attached hydrogens (tertiary/aromatic N) is 3. The highest BCUT2D eigenvalue weighted by atomic mass is 19.1. The smallest absolute Gasteiger partial charge is 0.141 e. The number of hydrogen-bond acceptors (Lipinski definition) is 4. The van der Waals surface area contributed by atoms with Crippen molar-refractivity contribution in [1.82, 2.24) is 15.0 Å². The molecule has 1 unspecified atom stereocenters. The second-order valence-corrected chi connectivity index (χ2v) is 3.43. The Morgan fingerprint density at radius 1 is 1.12 bits per heavy atom. The van der Waals surface area contributed by atoms with E-state index in [4.69, 9.17) is 0 Å². The van der Waals surface area contributed by atoms with Crippen molar-refractivity contribution in [3.05, 3.63) is 48.6 Å². The first kappa shape index (κ1) is 10.5. The number of halogens is 1. The molecule has 0 saturated heterocycles. The van der Waals surface area contributed by atoms with Gasteiger partial charge in [-0.25, -0.2) is 14.4 Å². The van der Waals surface area contributed by atoms with E-state index in [0.29, 0.717) is 0 Å². The Balaban J connectivity index is 2.12. The third-order valence-corrected chi connectivity index (χ3v) is 2.17. The number of aromatic nitrogens is 3. The highest BCUT2D eigenvalue weighted by Gasteiger charge is 2.06. The van der Waals surface area contributed by atoms with Crippen LogP contribution in [0.1, 0.15) is 18.5 Å². The zero-order valence-corrected chi connectivity index (χ0v) is 8.76. The maximum absolute atomic E-state index is 13.0. The molecule has 16 heavy (non-hydrogen) atoms. The van der Waals surface area contributed by atoms with Crippen molar-refractivity contribution in [2.75, 3.05) is 5.32 Å². The van der Waals surface area contributed by atoms with E-state index in [0.717, 1.165) is 11.3 Å².